The lowest BCUT2D eigenvalue weighted by Gasteiger charge is -2.09. The SMILES string of the molecule is COc1ccc(Cl)cc1NC(=O)CSc1n[nH]c(C)n1. The second kappa shape index (κ2) is 6.62. The molecule has 106 valence electrons. The summed E-state index contributed by atoms with van der Waals surface area (Å²) in [5.74, 6) is 1.29. The van der Waals surface area contributed by atoms with Gasteiger partial charge in [-0.05, 0) is 25.1 Å². The molecule has 2 aromatic rings. The summed E-state index contributed by atoms with van der Waals surface area (Å²) in [6.07, 6.45) is 0. The molecule has 20 heavy (non-hydrogen) atoms. The van der Waals surface area contributed by atoms with Crippen LogP contribution < -0.4 is 10.1 Å². The van der Waals surface area contributed by atoms with E-state index in [1.54, 1.807) is 25.1 Å². The number of rotatable bonds is 5. The van der Waals surface area contributed by atoms with Gasteiger partial charge in [0.05, 0.1) is 18.6 Å². The molecule has 0 radical (unpaired) electrons. The number of nitrogens with zero attached hydrogens (tertiary/aromatic N) is 2. The molecule has 1 heterocycles. The molecule has 0 aliphatic rings. The molecule has 0 aliphatic carbocycles. The fourth-order valence-electron chi connectivity index (χ4n) is 1.48. The molecule has 0 saturated heterocycles. The highest BCUT2D eigenvalue weighted by Gasteiger charge is 2.10. The van der Waals surface area contributed by atoms with Crippen molar-refractivity contribution in [2.75, 3.05) is 18.2 Å². The number of aromatic amines is 1. The minimum atomic E-state index is -0.182. The zero-order chi connectivity index (χ0) is 14.5. The average molecular weight is 313 g/mol. The molecule has 2 N–H and O–H groups in total. The molecule has 2 rings (SSSR count). The molecule has 0 aliphatic heterocycles. The summed E-state index contributed by atoms with van der Waals surface area (Å²) in [7, 11) is 1.53. The van der Waals surface area contributed by atoms with Crippen molar-refractivity contribution in [3.63, 3.8) is 0 Å². The number of thioether (sulfide) groups is 1. The number of aryl methyl sites for hydroxylation is 1. The van der Waals surface area contributed by atoms with Gasteiger partial charge in [0.2, 0.25) is 11.1 Å². The van der Waals surface area contributed by atoms with Crippen LogP contribution in [0, 0.1) is 6.92 Å². The number of amides is 1. The van der Waals surface area contributed by atoms with Crippen LogP contribution in [-0.2, 0) is 4.79 Å². The molecule has 1 amide bonds. The van der Waals surface area contributed by atoms with Gasteiger partial charge >= 0.3 is 0 Å². The van der Waals surface area contributed by atoms with Crippen molar-refractivity contribution < 1.29 is 9.53 Å². The predicted molar refractivity (Wildman–Crippen MR) is 78.5 cm³/mol. The number of benzene rings is 1. The maximum absolute atomic E-state index is 11.9. The third-order valence-corrected chi connectivity index (χ3v) is 3.43. The lowest BCUT2D eigenvalue weighted by molar-refractivity contribution is -0.113. The van der Waals surface area contributed by atoms with Gasteiger partial charge in [-0.3, -0.25) is 9.89 Å². The van der Waals surface area contributed by atoms with Gasteiger partial charge in [0.25, 0.3) is 0 Å². The van der Waals surface area contributed by atoms with E-state index in [1.165, 1.54) is 18.9 Å². The minimum absolute atomic E-state index is 0.182. The molecule has 8 heteroatoms. The average Bonchev–Trinajstić information content (AvgIpc) is 2.83. The van der Waals surface area contributed by atoms with Crippen molar-refractivity contribution in [1.29, 1.82) is 0 Å². The third kappa shape index (κ3) is 3.88. The Balaban J connectivity index is 1.96. The predicted octanol–water partition coefficient (Wildman–Crippen LogP) is 2.51. The number of hydrogen-bond donors (Lipinski definition) is 2. The van der Waals surface area contributed by atoms with Crippen molar-refractivity contribution in [3.05, 3.63) is 29.0 Å². The van der Waals surface area contributed by atoms with Crippen LogP contribution in [0.1, 0.15) is 5.82 Å². The number of H-pyrrole nitrogens is 1. The first-order valence-corrected chi connectivity index (χ1v) is 7.10. The highest BCUT2D eigenvalue weighted by atomic mass is 35.5. The molecule has 0 saturated carbocycles. The highest BCUT2D eigenvalue weighted by molar-refractivity contribution is 7.99. The maximum atomic E-state index is 11.9. The molecule has 0 fully saturated rings. The van der Waals surface area contributed by atoms with Crippen molar-refractivity contribution in [1.82, 2.24) is 15.2 Å². The number of carbonyl (C=O) groups excluding carboxylic acids is 1. The quantitative estimate of drug-likeness (QED) is 0.829. The van der Waals surface area contributed by atoms with E-state index in [2.05, 4.69) is 20.5 Å². The van der Waals surface area contributed by atoms with Gasteiger partial charge in [-0.2, -0.15) is 0 Å². The lowest BCUT2D eigenvalue weighted by atomic mass is 10.3. The van der Waals surface area contributed by atoms with E-state index in [9.17, 15) is 4.79 Å². The zero-order valence-electron chi connectivity index (χ0n) is 10.9. The summed E-state index contributed by atoms with van der Waals surface area (Å²) in [6.45, 7) is 1.80. The summed E-state index contributed by atoms with van der Waals surface area (Å²) in [5, 5.41) is 10.5. The number of carbonyl (C=O) groups is 1. The fourth-order valence-corrected chi connectivity index (χ4v) is 2.30. The summed E-state index contributed by atoms with van der Waals surface area (Å²) in [5.41, 5.74) is 0.539. The molecule has 1 aromatic heterocycles. The maximum Gasteiger partial charge on any atom is 0.234 e. The standard InChI is InChI=1S/C12H13ClN4O2S/c1-7-14-12(17-16-7)20-6-11(18)15-9-5-8(13)3-4-10(9)19-2/h3-5H,6H2,1-2H3,(H,15,18)(H,14,16,17). The Labute approximate surface area is 125 Å². The van der Waals surface area contributed by atoms with Crippen LogP contribution in [0.3, 0.4) is 0 Å². The Morgan fingerprint density at radius 3 is 3.00 bits per heavy atom. The van der Waals surface area contributed by atoms with Crippen LogP contribution >= 0.6 is 23.4 Å². The largest absolute Gasteiger partial charge is 0.495 e. The molecular formula is C12H13ClN4O2S. The molecule has 0 atom stereocenters. The van der Waals surface area contributed by atoms with Crippen molar-refractivity contribution >= 4 is 35.0 Å². The van der Waals surface area contributed by atoms with Gasteiger partial charge in [0, 0.05) is 5.02 Å². The third-order valence-electron chi connectivity index (χ3n) is 2.34. The van der Waals surface area contributed by atoms with E-state index in [0.717, 1.165) is 0 Å². The smallest absolute Gasteiger partial charge is 0.234 e. The fraction of sp³-hybridized carbons (Fsp3) is 0.250. The summed E-state index contributed by atoms with van der Waals surface area (Å²) >= 11 is 7.14. The molecular weight excluding hydrogens is 300 g/mol. The number of nitrogens with one attached hydrogen (secondary N) is 2. The normalized spacial score (nSPS) is 10.3. The molecule has 0 unspecified atom stereocenters. The molecule has 0 spiro atoms. The van der Waals surface area contributed by atoms with Crippen molar-refractivity contribution in [2.24, 2.45) is 0 Å². The highest BCUT2D eigenvalue weighted by Crippen LogP contribution is 2.27. The van der Waals surface area contributed by atoms with Crippen LogP contribution in [0.5, 0.6) is 5.75 Å². The van der Waals surface area contributed by atoms with Crippen molar-refractivity contribution in [3.8, 4) is 5.75 Å². The monoisotopic (exact) mass is 312 g/mol. The number of ether oxygens (including phenoxy) is 1. The zero-order valence-corrected chi connectivity index (χ0v) is 12.5. The molecule has 6 nitrogen and oxygen atoms in total. The van der Waals surface area contributed by atoms with Crippen LogP contribution in [0.4, 0.5) is 5.69 Å². The van der Waals surface area contributed by atoms with Gasteiger partial charge in [-0.15, -0.1) is 5.10 Å². The topological polar surface area (TPSA) is 79.9 Å². The first-order valence-electron chi connectivity index (χ1n) is 5.73. The number of halogens is 1. The summed E-state index contributed by atoms with van der Waals surface area (Å²) in [4.78, 5) is 16.0. The Bertz CT molecular complexity index is 617. The van der Waals surface area contributed by atoms with Gasteiger partial charge in [-0.1, -0.05) is 23.4 Å². The van der Waals surface area contributed by atoms with E-state index in [4.69, 9.17) is 16.3 Å². The Morgan fingerprint density at radius 2 is 2.35 bits per heavy atom. The number of anilines is 1. The number of methoxy groups -OCH3 is 1. The lowest BCUT2D eigenvalue weighted by Crippen LogP contribution is -2.14. The first-order chi connectivity index (χ1) is 9.58. The Kier molecular flexibility index (Phi) is 4.86. The number of aromatic nitrogens is 3. The van der Waals surface area contributed by atoms with Crippen LogP contribution in [0.25, 0.3) is 0 Å². The van der Waals surface area contributed by atoms with Gasteiger partial charge < -0.3 is 10.1 Å². The molecule has 0 bridgehead atoms. The second-order valence-corrected chi connectivity index (χ2v) is 5.26. The van der Waals surface area contributed by atoms with E-state index < -0.39 is 0 Å². The van der Waals surface area contributed by atoms with E-state index in [0.29, 0.717) is 27.4 Å². The Morgan fingerprint density at radius 1 is 1.55 bits per heavy atom. The Hall–Kier alpha value is -1.73. The van der Waals surface area contributed by atoms with E-state index in [-0.39, 0.29) is 11.7 Å². The van der Waals surface area contributed by atoms with Gasteiger partial charge in [0.15, 0.2) is 0 Å². The van der Waals surface area contributed by atoms with Crippen molar-refractivity contribution in [2.45, 2.75) is 12.1 Å². The van der Waals surface area contributed by atoms with Gasteiger partial charge in [0.1, 0.15) is 11.6 Å². The van der Waals surface area contributed by atoms with E-state index in [1.807, 2.05) is 0 Å². The first kappa shape index (κ1) is 14.7. The minimum Gasteiger partial charge on any atom is -0.495 e. The second-order valence-electron chi connectivity index (χ2n) is 3.88. The van der Waals surface area contributed by atoms with Crippen LogP contribution in [0.15, 0.2) is 23.4 Å². The van der Waals surface area contributed by atoms with Crippen LogP contribution in [0.2, 0.25) is 5.02 Å². The summed E-state index contributed by atoms with van der Waals surface area (Å²) < 4.78 is 5.16. The number of hydrogen-bond acceptors (Lipinski definition) is 5. The summed E-state index contributed by atoms with van der Waals surface area (Å²) in [6, 6.07) is 5.03. The van der Waals surface area contributed by atoms with Crippen LogP contribution in [-0.4, -0.2) is 34.0 Å². The molecule has 1 aromatic carbocycles. The van der Waals surface area contributed by atoms with E-state index >= 15 is 0 Å². The van der Waals surface area contributed by atoms with Gasteiger partial charge in [-0.25, -0.2) is 4.98 Å².